The van der Waals surface area contributed by atoms with Gasteiger partial charge < -0.3 is 15.4 Å². The average Bonchev–Trinajstić information content (AvgIpc) is 2.80. The van der Waals surface area contributed by atoms with Crippen molar-refractivity contribution in [3.05, 3.63) is 48.0 Å². The van der Waals surface area contributed by atoms with Crippen LogP contribution in [0.5, 0.6) is 0 Å². The number of aliphatic hydroxyl groups is 1. The number of aliphatic hydroxyl groups excluding tert-OH is 1. The SMILES string of the molecule is CCn1c2ccccc2c2cc(CC(N)CO)ccc21. The van der Waals surface area contributed by atoms with Crippen LogP contribution in [0.1, 0.15) is 12.5 Å². The summed E-state index contributed by atoms with van der Waals surface area (Å²) in [4.78, 5) is 0. The molecule has 0 aliphatic rings. The summed E-state index contributed by atoms with van der Waals surface area (Å²) in [7, 11) is 0. The van der Waals surface area contributed by atoms with E-state index >= 15 is 0 Å². The van der Waals surface area contributed by atoms with Gasteiger partial charge in [0.2, 0.25) is 0 Å². The zero-order valence-corrected chi connectivity index (χ0v) is 11.7. The van der Waals surface area contributed by atoms with Crippen LogP contribution >= 0.6 is 0 Å². The lowest BCUT2D eigenvalue weighted by atomic mass is 10.0. The highest BCUT2D eigenvalue weighted by molar-refractivity contribution is 6.08. The molecule has 0 bridgehead atoms. The molecule has 1 aromatic heterocycles. The fourth-order valence-corrected chi connectivity index (χ4v) is 2.94. The molecule has 3 aromatic rings. The predicted octanol–water partition coefficient (Wildman–Crippen LogP) is 2.68. The van der Waals surface area contributed by atoms with Crippen LogP contribution in [0.3, 0.4) is 0 Å². The van der Waals surface area contributed by atoms with Gasteiger partial charge in [0, 0.05) is 34.4 Å². The maximum absolute atomic E-state index is 9.09. The monoisotopic (exact) mass is 268 g/mol. The summed E-state index contributed by atoms with van der Waals surface area (Å²) in [6.45, 7) is 3.15. The van der Waals surface area contributed by atoms with Crippen molar-refractivity contribution in [1.29, 1.82) is 0 Å². The van der Waals surface area contributed by atoms with E-state index in [1.165, 1.54) is 27.4 Å². The first-order chi connectivity index (χ1) is 9.74. The Bertz CT molecular complexity index is 745. The quantitative estimate of drug-likeness (QED) is 0.764. The van der Waals surface area contributed by atoms with Crippen molar-refractivity contribution < 1.29 is 5.11 Å². The number of fused-ring (bicyclic) bond motifs is 3. The van der Waals surface area contributed by atoms with Crippen LogP contribution in [0.15, 0.2) is 42.5 Å². The molecule has 0 amide bonds. The number of nitrogens with zero attached hydrogens (tertiary/aromatic N) is 1. The van der Waals surface area contributed by atoms with Crippen molar-refractivity contribution in [3.8, 4) is 0 Å². The lowest BCUT2D eigenvalue weighted by Crippen LogP contribution is -2.26. The maximum atomic E-state index is 9.09. The molecule has 0 radical (unpaired) electrons. The van der Waals surface area contributed by atoms with Gasteiger partial charge in [-0.1, -0.05) is 24.3 Å². The topological polar surface area (TPSA) is 51.2 Å². The highest BCUT2D eigenvalue weighted by Crippen LogP contribution is 2.29. The van der Waals surface area contributed by atoms with Crippen molar-refractivity contribution >= 4 is 21.8 Å². The van der Waals surface area contributed by atoms with Crippen LogP contribution < -0.4 is 5.73 Å². The Morgan fingerprint density at radius 2 is 1.85 bits per heavy atom. The van der Waals surface area contributed by atoms with Crippen LogP contribution in [0.4, 0.5) is 0 Å². The van der Waals surface area contributed by atoms with E-state index in [2.05, 4.69) is 54.0 Å². The molecule has 1 atom stereocenters. The van der Waals surface area contributed by atoms with E-state index in [0.717, 1.165) is 6.54 Å². The molecule has 1 heterocycles. The van der Waals surface area contributed by atoms with Crippen LogP contribution in [0.2, 0.25) is 0 Å². The van der Waals surface area contributed by atoms with Crippen LogP contribution in [-0.4, -0.2) is 22.3 Å². The third kappa shape index (κ3) is 2.09. The minimum Gasteiger partial charge on any atom is -0.395 e. The first-order valence-electron chi connectivity index (χ1n) is 7.11. The molecule has 0 fully saturated rings. The van der Waals surface area contributed by atoms with Gasteiger partial charge in [0.15, 0.2) is 0 Å². The summed E-state index contributed by atoms with van der Waals surface area (Å²) < 4.78 is 2.33. The van der Waals surface area contributed by atoms with Crippen molar-refractivity contribution in [3.63, 3.8) is 0 Å². The molecular formula is C17H20N2O. The van der Waals surface area contributed by atoms with Gasteiger partial charge in [-0.05, 0) is 37.1 Å². The van der Waals surface area contributed by atoms with Gasteiger partial charge in [0.05, 0.1) is 6.61 Å². The fourth-order valence-electron chi connectivity index (χ4n) is 2.94. The van der Waals surface area contributed by atoms with Crippen molar-refractivity contribution in [2.24, 2.45) is 5.73 Å². The normalized spacial score (nSPS) is 13.2. The smallest absolute Gasteiger partial charge is 0.0585 e. The lowest BCUT2D eigenvalue weighted by molar-refractivity contribution is 0.265. The van der Waals surface area contributed by atoms with Crippen LogP contribution in [0.25, 0.3) is 21.8 Å². The average molecular weight is 268 g/mol. The molecule has 3 N–H and O–H groups in total. The number of rotatable bonds is 4. The van der Waals surface area contributed by atoms with E-state index in [1.54, 1.807) is 0 Å². The third-order valence-corrected chi connectivity index (χ3v) is 3.89. The highest BCUT2D eigenvalue weighted by atomic mass is 16.3. The number of nitrogens with two attached hydrogens (primary N) is 1. The molecule has 0 spiro atoms. The molecule has 20 heavy (non-hydrogen) atoms. The number of benzene rings is 2. The molecule has 3 rings (SSSR count). The van der Waals surface area contributed by atoms with E-state index in [0.29, 0.717) is 6.42 Å². The van der Waals surface area contributed by atoms with E-state index < -0.39 is 0 Å². The van der Waals surface area contributed by atoms with Gasteiger partial charge in [-0.3, -0.25) is 0 Å². The van der Waals surface area contributed by atoms with Gasteiger partial charge in [-0.25, -0.2) is 0 Å². The van der Waals surface area contributed by atoms with E-state index in [1.807, 2.05) is 0 Å². The third-order valence-electron chi connectivity index (χ3n) is 3.89. The van der Waals surface area contributed by atoms with Gasteiger partial charge in [-0.15, -0.1) is 0 Å². The van der Waals surface area contributed by atoms with Crippen LogP contribution in [-0.2, 0) is 13.0 Å². The predicted molar refractivity (Wildman–Crippen MR) is 83.9 cm³/mol. The van der Waals surface area contributed by atoms with E-state index in [9.17, 15) is 0 Å². The zero-order valence-electron chi connectivity index (χ0n) is 11.7. The summed E-state index contributed by atoms with van der Waals surface area (Å²) >= 11 is 0. The number of aryl methyl sites for hydroxylation is 1. The van der Waals surface area contributed by atoms with Gasteiger partial charge in [0.25, 0.3) is 0 Å². The Kier molecular flexibility index (Phi) is 3.47. The summed E-state index contributed by atoms with van der Waals surface area (Å²) in [5.41, 5.74) is 9.55. The Balaban J connectivity index is 2.21. The second-order valence-corrected chi connectivity index (χ2v) is 5.26. The zero-order chi connectivity index (χ0) is 14.1. The van der Waals surface area contributed by atoms with Crippen molar-refractivity contribution in [1.82, 2.24) is 4.57 Å². The first kappa shape index (κ1) is 13.2. The molecule has 0 aliphatic carbocycles. The Labute approximate surface area is 118 Å². The summed E-state index contributed by atoms with van der Waals surface area (Å²) in [5.74, 6) is 0. The Morgan fingerprint density at radius 1 is 1.10 bits per heavy atom. The number of hydrogen-bond donors (Lipinski definition) is 2. The summed E-state index contributed by atoms with van der Waals surface area (Å²) in [6, 6.07) is 14.8. The molecule has 3 nitrogen and oxygen atoms in total. The number of para-hydroxylation sites is 1. The molecule has 3 heteroatoms. The molecule has 1 unspecified atom stereocenters. The minimum atomic E-state index is -0.188. The standard InChI is InChI=1S/C17H20N2O/c1-2-19-16-6-4-3-5-14(16)15-10-12(7-8-17(15)19)9-13(18)11-20/h3-8,10,13,20H,2,9,11,18H2,1H3. The van der Waals surface area contributed by atoms with Gasteiger partial charge in [0.1, 0.15) is 0 Å². The summed E-state index contributed by atoms with van der Waals surface area (Å²) in [6.07, 6.45) is 0.706. The van der Waals surface area contributed by atoms with Gasteiger partial charge >= 0.3 is 0 Å². The molecule has 104 valence electrons. The largest absolute Gasteiger partial charge is 0.395 e. The second-order valence-electron chi connectivity index (χ2n) is 5.26. The molecule has 2 aromatic carbocycles. The fraction of sp³-hybridized carbons (Fsp3) is 0.294. The number of aromatic nitrogens is 1. The summed E-state index contributed by atoms with van der Waals surface area (Å²) in [5, 5.41) is 11.6. The van der Waals surface area contributed by atoms with Gasteiger partial charge in [-0.2, -0.15) is 0 Å². The van der Waals surface area contributed by atoms with E-state index in [4.69, 9.17) is 10.8 Å². The van der Waals surface area contributed by atoms with Crippen LogP contribution in [0, 0.1) is 0 Å². The minimum absolute atomic E-state index is 0.0226. The van der Waals surface area contributed by atoms with Crippen molar-refractivity contribution in [2.45, 2.75) is 25.9 Å². The number of hydrogen-bond acceptors (Lipinski definition) is 2. The lowest BCUT2D eigenvalue weighted by Gasteiger charge is -2.08. The first-order valence-corrected chi connectivity index (χ1v) is 7.11. The Hall–Kier alpha value is -1.84. The highest BCUT2D eigenvalue weighted by Gasteiger charge is 2.10. The molecular weight excluding hydrogens is 248 g/mol. The second kappa shape index (κ2) is 5.27. The Morgan fingerprint density at radius 3 is 2.60 bits per heavy atom. The van der Waals surface area contributed by atoms with E-state index in [-0.39, 0.29) is 12.6 Å². The molecule has 0 saturated heterocycles. The molecule has 0 aliphatic heterocycles. The molecule has 0 saturated carbocycles. The van der Waals surface area contributed by atoms with Crippen molar-refractivity contribution in [2.75, 3.05) is 6.61 Å². The maximum Gasteiger partial charge on any atom is 0.0585 e.